The third kappa shape index (κ3) is 2.00. The molecule has 2 fully saturated rings. The lowest BCUT2D eigenvalue weighted by atomic mass is 9.98. The van der Waals surface area contributed by atoms with Gasteiger partial charge in [-0.1, -0.05) is 12.8 Å². The van der Waals surface area contributed by atoms with E-state index >= 15 is 0 Å². The molecular formula is C13H22N4. The summed E-state index contributed by atoms with van der Waals surface area (Å²) in [4.78, 5) is 10.4. The maximum Gasteiger partial charge on any atom is 0.126 e. The Morgan fingerprint density at radius 3 is 2.88 bits per heavy atom. The van der Waals surface area contributed by atoms with E-state index in [0.717, 1.165) is 25.2 Å². The number of imidazole rings is 1. The number of aromatic amines is 1. The molecule has 2 aliphatic rings. The van der Waals surface area contributed by atoms with Gasteiger partial charge in [-0.25, -0.2) is 4.98 Å². The quantitative estimate of drug-likeness (QED) is 0.816. The molecule has 0 bridgehead atoms. The summed E-state index contributed by atoms with van der Waals surface area (Å²) in [5.41, 5.74) is 7.52. The second-order valence-electron chi connectivity index (χ2n) is 5.80. The topological polar surface area (TPSA) is 57.9 Å². The van der Waals surface area contributed by atoms with Gasteiger partial charge in [0.15, 0.2) is 0 Å². The maximum absolute atomic E-state index is 6.42. The number of hydrogen-bond donors (Lipinski definition) is 2. The second-order valence-corrected chi connectivity index (χ2v) is 5.80. The zero-order valence-electron chi connectivity index (χ0n) is 10.6. The van der Waals surface area contributed by atoms with Crippen molar-refractivity contribution in [2.45, 2.75) is 43.6 Å². The summed E-state index contributed by atoms with van der Waals surface area (Å²) in [6, 6.07) is 0. The first-order chi connectivity index (χ1) is 8.17. The Morgan fingerprint density at radius 1 is 1.47 bits per heavy atom. The normalized spacial score (nSPS) is 28.9. The molecule has 1 aliphatic heterocycles. The van der Waals surface area contributed by atoms with Crippen LogP contribution in [0.25, 0.3) is 0 Å². The molecule has 1 aromatic heterocycles. The Hall–Kier alpha value is -0.870. The molecule has 3 rings (SSSR count). The molecule has 0 amide bonds. The van der Waals surface area contributed by atoms with Crippen LogP contribution in [0, 0.1) is 0 Å². The van der Waals surface area contributed by atoms with Crippen LogP contribution in [0.5, 0.6) is 0 Å². The summed E-state index contributed by atoms with van der Waals surface area (Å²) in [6.45, 7) is 2.33. The lowest BCUT2D eigenvalue weighted by molar-refractivity contribution is 0.410. The first-order valence-corrected chi connectivity index (χ1v) is 6.70. The van der Waals surface area contributed by atoms with E-state index in [2.05, 4.69) is 21.9 Å². The number of hydrogen-bond acceptors (Lipinski definition) is 3. The van der Waals surface area contributed by atoms with Crippen LogP contribution in [0.3, 0.4) is 0 Å². The zero-order valence-corrected chi connectivity index (χ0v) is 10.6. The number of nitrogens with zero attached hydrogens (tertiary/aromatic N) is 2. The van der Waals surface area contributed by atoms with Gasteiger partial charge in [-0.15, -0.1) is 0 Å². The lowest BCUT2D eigenvalue weighted by Crippen LogP contribution is -2.34. The predicted octanol–water partition coefficient (Wildman–Crippen LogP) is 1.56. The van der Waals surface area contributed by atoms with E-state index in [1.54, 1.807) is 0 Å². The molecule has 3 N–H and O–H groups in total. The SMILES string of the molecule is CN1CCC(c2cnc(C3(N)CCCC3)[nH]2)C1. The highest BCUT2D eigenvalue weighted by atomic mass is 15.1. The van der Waals surface area contributed by atoms with Crippen LogP contribution in [0.2, 0.25) is 0 Å². The van der Waals surface area contributed by atoms with Gasteiger partial charge in [-0.2, -0.15) is 0 Å². The zero-order chi connectivity index (χ0) is 11.9. The van der Waals surface area contributed by atoms with Crippen LogP contribution in [0.15, 0.2) is 6.20 Å². The summed E-state index contributed by atoms with van der Waals surface area (Å²) in [5.74, 6) is 1.63. The standard InChI is InChI=1S/C13H22N4/c1-17-7-4-10(9-17)11-8-15-12(16-11)13(14)5-2-3-6-13/h8,10H,2-7,9,14H2,1H3,(H,15,16). The lowest BCUT2D eigenvalue weighted by Gasteiger charge is -2.20. The highest BCUT2D eigenvalue weighted by molar-refractivity contribution is 5.16. The Bertz CT molecular complexity index is 392. The Morgan fingerprint density at radius 2 is 2.24 bits per heavy atom. The van der Waals surface area contributed by atoms with Crippen LogP contribution in [-0.2, 0) is 5.54 Å². The monoisotopic (exact) mass is 234 g/mol. The fraction of sp³-hybridized carbons (Fsp3) is 0.769. The number of aromatic nitrogens is 2. The Kier molecular flexibility index (Phi) is 2.71. The number of nitrogens with two attached hydrogens (primary N) is 1. The first kappa shape index (κ1) is 11.2. The van der Waals surface area contributed by atoms with Crippen LogP contribution in [-0.4, -0.2) is 35.0 Å². The van der Waals surface area contributed by atoms with Gasteiger partial charge in [0.25, 0.3) is 0 Å². The van der Waals surface area contributed by atoms with E-state index < -0.39 is 0 Å². The van der Waals surface area contributed by atoms with Crippen molar-refractivity contribution < 1.29 is 0 Å². The number of nitrogens with one attached hydrogen (secondary N) is 1. The number of likely N-dealkylation sites (N-methyl/N-ethyl adjacent to an activating group) is 1. The van der Waals surface area contributed by atoms with E-state index in [9.17, 15) is 0 Å². The molecule has 4 heteroatoms. The van der Waals surface area contributed by atoms with Gasteiger partial charge in [-0.3, -0.25) is 0 Å². The van der Waals surface area contributed by atoms with Gasteiger partial charge in [0.2, 0.25) is 0 Å². The van der Waals surface area contributed by atoms with E-state index in [-0.39, 0.29) is 5.54 Å². The number of likely N-dealkylation sites (tertiary alicyclic amines) is 1. The van der Waals surface area contributed by atoms with Gasteiger partial charge in [0.1, 0.15) is 5.82 Å². The Balaban J connectivity index is 1.78. The predicted molar refractivity (Wildman–Crippen MR) is 67.8 cm³/mol. The van der Waals surface area contributed by atoms with Crippen molar-refractivity contribution in [1.82, 2.24) is 14.9 Å². The van der Waals surface area contributed by atoms with Gasteiger partial charge in [0, 0.05) is 24.4 Å². The molecule has 0 spiro atoms. The van der Waals surface area contributed by atoms with Gasteiger partial charge in [-0.05, 0) is 32.9 Å². The largest absolute Gasteiger partial charge is 0.344 e. The molecule has 1 unspecified atom stereocenters. The molecule has 1 aromatic rings. The fourth-order valence-corrected chi connectivity index (χ4v) is 3.23. The number of rotatable bonds is 2. The van der Waals surface area contributed by atoms with Crippen LogP contribution in [0.1, 0.15) is 49.5 Å². The maximum atomic E-state index is 6.42. The summed E-state index contributed by atoms with van der Waals surface area (Å²) < 4.78 is 0. The number of H-pyrrole nitrogens is 1. The summed E-state index contributed by atoms with van der Waals surface area (Å²) in [6.07, 6.45) is 7.86. The van der Waals surface area contributed by atoms with Crippen LogP contribution >= 0.6 is 0 Å². The van der Waals surface area contributed by atoms with Crippen molar-refractivity contribution >= 4 is 0 Å². The van der Waals surface area contributed by atoms with Crippen molar-refractivity contribution in [3.05, 3.63) is 17.7 Å². The summed E-state index contributed by atoms with van der Waals surface area (Å²) in [7, 11) is 2.18. The Labute approximate surface area is 103 Å². The first-order valence-electron chi connectivity index (χ1n) is 6.70. The van der Waals surface area contributed by atoms with Crippen molar-refractivity contribution in [2.24, 2.45) is 5.73 Å². The van der Waals surface area contributed by atoms with Gasteiger partial charge < -0.3 is 15.6 Å². The van der Waals surface area contributed by atoms with Crippen molar-refractivity contribution in [3.63, 3.8) is 0 Å². The molecule has 2 heterocycles. The average molecular weight is 234 g/mol. The minimum atomic E-state index is -0.178. The van der Waals surface area contributed by atoms with Crippen LogP contribution in [0.4, 0.5) is 0 Å². The van der Waals surface area contributed by atoms with E-state index in [0.29, 0.717) is 5.92 Å². The third-order valence-electron chi connectivity index (χ3n) is 4.39. The third-order valence-corrected chi connectivity index (χ3v) is 4.39. The van der Waals surface area contributed by atoms with E-state index in [1.807, 2.05) is 6.20 Å². The van der Waals surface area contributed by atoms with Crippen LogP contribution < -0.4 is 5.73 Å². The molecule has 1 saturated heterocycles. The molecule has 94 valence electrons. The van der Waals surface area contributed by atoms with Gasteiger partial charge >= 0.3 is 0 Å². The minimum absolute atomic E-state index is 0.178. The van der Waals surface area contributed by atoms with Gasteiger partial charge in [0.05, 0.1) is 5.54 Å². The molecule has 0 aromatic carbocycles. The summed E-state index contributed by atoms with van der Waals surface area (Å²) in [5, 5.41) is 0. The molecule has 0 radical (unpaired) electrons. The minimum Gasteiger partial charge on any atom is -0.344 e. The highest BCUT2D eigenvalue weighted by Crippen LogP contribution is 2.35. The molecule has 1 saturated carbocycles. The molecule has 4 nitrogen and oxygen atoms in total. The summed E-state index contributed by atoms with van der Waals surface area (Å²) >= 11 is 0. The average Bonchev–Trinajstić information content (AvgIpc) is 2.96. The van der Waals surface area contributed by atoms with Crippen molar-refractivity contribution in [2.75, 3.05) is 20.1 Å². The van der Waals surface area contributed by atoms with Crippen molar-refractivity contribution in [1.29, 1.82) is 0 Å². The molecule has 1 atom stereocenters. The highest BCUT2D eigenvalue weighted by Gasteiger charge is 2.34. The fourth-order valence-electron chi connectivity index (χ4n) is 3.23. The molecule has 17 heavy (non-hydrogen) atoms. The smallest absolute Gasteiger partial charge is 0.126 e. The second kappa shape index (κ2) is 4.10. The molecular weight excluding hydrogens is 212 g/mol. The van der Waals surface area contributed by atoms with E-state index in [1.165, 1.54) is 31.5 Å². The molecule has 1 aliphatic carbocycles. The van der Waals surface area contributed by atoms with Crippen molar-refractivity contribution in [3.8, 4) is 0 Å². The van der Waals surface area contributed by atoms with E-state index in [4.69, 9.17) is 5.73 Å².